The van der Waals surface area contributed by atoms with Gasteiger partial charge >= 0.3 is 0 Å². The second-order valence-corrected chi connectivity index (χ2v) is 18.6. The van der Waals surface area contributed by atoms with Gasteiger partial charge in [0, 0.05) is 33.4 Å². The van der Waals surface area contributed by atoms with E-state index in [9.17, 15) is 0 Å². The molecular weight excluding hydrogens is 889 g/mol. The number of benzene rings is 10. The summed E-state index contributed by atoms with van der Waals surface area (Å²) in [6.07, 6.45) is 0. The minimum Gasteiger partial charge on any atom is -0.208 e. The van der Waals surface area contributed by atoms with Crippen LogP contribution in [0.25, 0.3) is 113 Å². The van der Waals surface area contributed by atoms with Crippen LogP contribution < -0.4 is 0 Å². The lowest BCUT2D eigenvalue weighted by atomic mass is 9.70. The van der Waals surface area contributed by atoms with Gasteiger partial charge in [-0.3, -0.25) is 0 Å². The zero-order valence-corrected chi connectivity index (χ0v) is 39.4. The summed E-state index contributed by atoms with van der Waals surface area (Å²) in [5, 5.41) is 0. The van der Waals surface area contributed by atoms with Crippen LogP contribution in [0.3, 0.4) is 0 Å². The standard InChI is InChI=1S/C67H42N6/c1-5-17-43(18-6-1)45-29-33-49(34-30-45)63-68-61(47-21-9-3-10-22-47)70-65(72-63)51-37-39-55-53-25-13-15-27-57(53)67(59(55)41-51)58-28-16-14-26-54(58)56-40-38-52(42-60(56)67)66-71-62(48-23-11-4-12-24-48)69-64(73-66)50-35-31-46(32-36-50)44-19-7-2-8-20-44/h1-42H. The molecule has 6 nitrogen and oxygen atoms in total. The van der Waals surface area contributed by atoms with E-state index in [1.165, 1.54) is 44.5 Å². The summed E-state index contributed by atoms with van der Waals surface area (Å²) in [6, 6.07) is 89.4. The third-order valence-corrected chi connectivity index (χ3v) is 14.4. The molecule has 0 fully saturated rings. The number of rotatable bonds is 8. The Balaban J connectivity index is 0.942. The molecule has 0 saturated carbocycles. The van der Waals surface area contributed by atoms with Crippen LogP contribution in [0.5, 0.6) is 0 Å². The van der Waals surface area contributed by atoms with Gasteiger partial charge < -0.3 is 0 Å². The molecule has 0 aliphatic heterocycles. The Bertz CT molecular complexity index is 3780. The van der Waals surface area contributed by atoms with E-state index in [1.54, 1.807) is 0 Å². The molecule has 2 aromatic heterocycles. The van der Waals surface area contributed by atoms with E-state index in [4.69, 9.17) is 29.9 Å². The van der Waals surface area contributed by atoms with Crippen molar-refractivity contribution in [1.82, 2.24) is 29.9 Å². The average molecular weight is 931 g/mol. The number of nitrogens with zero attached hydrogens (tertiary/aromatic N) is 6. The van der Waals surface area contributed by atoms with Crippen molar-refractivity contribution in [3.05, 3.63) is 277 Å². The number of hydrogen-bond donors (Lipinski definition) is 0. The van der Waals surface area contributed by atoms with Gasteiger partial charge in [0.2, 0.25) is 0 Å². The highest BCUT2D eigenvalue weighted by Gasteiger charge is 2.52. The first-order valence-corrected chi connectivity index (χ1v) is 24.6. The zero-order valence-electron chi connectivity index (χ0n) is 39.4. The van der Waals surface area contributed by atoms with Crippen molar-refractivity contribution in [1.29, 1.82) is 0 Å². The minimum absolute atomic E-state index is 0.605. The topological polar surface area (TPSA) is 77.3 Å². The van der Waals surface area contributed by atoms with Gasteiger partial charge in [-0.1, -0.05) is 243 Å². The maximum absolute atomic E-state index is 5.28. The highest BCUT2D eigenvalue weighted by Crippen LogP contribution is 2.63. The van der Waals surface area contributed by atoms with E-state index < -0.39 is 5.41 Å². The fourth-order valence-corrected chi connectivity index (χ4v) is 11.0. The second kappa shape index (κ2) is 17.3. The van der Waals surface area contributed by atoms with Crippen LogP contribution in [0.4, 0.5) is 0 Å². The fourth-order valence-electron chi connectivity index (χ4n) is 11.0. The van der Waals surface area contributed by atoms with Gasteiger partial charge in [0.15, 0.2) is 34.9 Å². The Morgan fingerprint density at radius 1 is 0.178 bits per heavy atom. The van der Waals surface area contributed by atoms with E-state index in [2.05, 4.69) is 206 Å². The predicted octanol–water partition coefficient (Wildman–Crippen LogP) is 15.7. The molecule has 0 N–H and O–H groups in total. The smallest absolute Gasteiger partial charge is 0.164 e. The molecule has 2 aliphatic rings. The van der Waals surface area contributed by atoms with Crippen molar-refractivity contribution >= 4 is 0 Å². The number of fused-ring (bicyclic) bond motifs is 10. The van der Waals surface area contributed by atoms with Crippen LogP contribution in [0, 0.1) is 0 Å². The molecule has 10 aromatic carbocycles. The Morgan fingerprint density at radius 3 is 0.767 bits per heavy atom. The van der Waals surface area contributed by atoms with Crippen molar-refractivity contribution < 1.29 is 0 Å². The molecule has 0 bridgehead atoms. The SMILES string of the molecule is c1ccc(-c2ccc(-c3nc(-c4ccccc4)nc(-c4ccc5c(c4)C4(c6ccccc6-5)c5ccccc5-c5ccc(-c6nc(-c7ccccc7)nc(-c7ccc(-c8ccccc8)cc7)n6)cc54)n3)cc2)cc1. The molecule has 1 spiro atoms. The first-order valence-electron chi connectivity index (χ1n) is 24.6. The predicted molar refractivity (Wildman–Crippen MR) is 293 cm³/mol. The Labute approximate surface area is 423 Å². The van der Waals surface area contributed by atoms with Crippen LogP contribution in [0.1, 0.15) is 22.3 Å². The normalized spacial score (nSPS) is 12.5. The maximum atomic E-state index is 5.28. The molecule has 0 unspecified atom stereocenters. The molecule has 0 saturated heterocycles. The van der Waals surface area contributed by atoms with E-state index >= 15 is 0 Å². The highest BCUT2D eigenvalue weighted by molar-refractivity contribution is 5.96. The van der Waals surface area contributed by atoms with E-state index in [1.807, 2.05) is 48.5 Å². The first kappa shape index (κ1) is 42.1. The van der Waals surface area contributed by atoms with E-state index in [0.29, 0.717) is 34.9 Å². The van der Waals surface area contributed by atoms with Gasteiger partial charge in [0.25, 0.3) is 0 Å². The lowest BCUT2D eigenvalue weighted by Crippen LogP contribution is -2.26. The van der Waals surface area contributed by atoms with Crippen LogP contribution in [-0.4, -0.2) is 29.9 Å². The summed E-state index contributed by atoms with van der Waals surface area (Å²) >= 11 is 0. The molecule has 14 rings (SSSR count). The van der Waals surface area contributed by atoms with Crippen molar-refractivity contribution in [2.75, 3.05) is 0 Å². The van der Waals surface area contributed by atoms with Gasteiger partial charge in [-0.25, -0.2) is 29.9 Å². The number of hydrogen-bond acceptors (Lipinski definition) is 6. The fraction of sp³-hybridized carbons (Fsp3) is 0.0149. The minimum atomic E-state index is -0.680. The molecule has 0 amide bonds. The Morgan fingerprint density at radius 2 is 0.411 bits per heavy atom. The van der Waals surface area contributed by atoms with Crippen molar-refractivity contribution in [3.63, 3.8) is 0 Å². The maximum Gasteiger partial charge on any atom is 0.164 e. The monoisotopic (exact) mass is 930 g/mol. The summed E-state index contributed by atoms with van der Waals surface area (Å²) in [6.45, 7) is 0. The van der Waals surface area contributed by atoms with Gasteiger partial charge in [-0.05, 0) is 78.9 Å². The summed E-state index contributed by atoms with van der Waals surface area (Å²) in [5.74, 6) is 3.67. The Kier molecular flexibility index (Phi) is 9.96. The molecular formula is C67H42N6. The van der Waals surface area contributed by atoms with Gasteiger partial charge in [-0.2, -0.15) is 0 Å². The molecule has 73 heavy (non-hydrogen) atoms. The molecule has 12 aromatic rings. The molecule has 2 aliphatic carbocycles. The first-order chi connectivity index (χ1) is 36.2. The van der Waals surface area contributed by atoms with Gasteiger partial charge in [0.1, 0.15) is 0 Å². The van der Waals surface area contributed by atoms with Crippen LogP contribution in [0.2, 0.25) is 0 Å². The van der Waals surface area contributed by atoms with Crippen molar-refractivity contribution in [2.24, 2.45) is 0 Å². The van der Waals surface area contributed by atoms with Gasteiger partial charge in [-0.15, -0.1) is 0 Å². The molecule has 340 valence electrons. The van der Waals surface area contributed by atoms with Crippen molar-refractivity contribution in [2.45, 2.75) is 5.41 Å². The van der Waals surface area contributed by atoms with Crippen molar-refractivity contribution in [3.8, 4) is 113 Å². The molecule has 6 heteroatoms. The average Bonchev–Trinajstić information content (AvgIpc) is 3.95. The van der Waals surface area contributed by atoms with E-state index in [-0.39, 0.29) is 0 Å². The van der Waals surface area contributed by atoms with Crippen LogP contribution >= 0.6 is 0 Å². The number of aromatic nitrogens is 6. The Hall–Kier alpha value is -9.78. The third kappa shape index (κ3) is 7.10. The zero-order chi connectivity index (χ0) is 48.3. The summed E-state index contributed by atoms with van der Waals surface area (Å²) < 4.78 is 0. The molecule has 0 atom stereocenters. The van der Waals surface area contributed by atoms with Crippen LogP contribution in [-0.2, 0) is 5.41 Å². The second-order valence-electron chi connectivity index (χ2n) is 18.6. The summed E-state index contributed by atoms with van der Waals surface area (Å²) in [4.78, 5) is 31.2. The molecule has 0 radical (unpaired) electrons. The summed E-state index contributed by atoms with van der Waals surface area (Å²) in [5.41, 5.74) is 18.9. The third-order valence-electron chi connectivity index (χ3n) is 14.4. The highest BCUT2D eigenvalue weighted by atomic mass is 15.0. The molecule has 2 heterocycles. The van der Waals surface area contributed by atoms with Crippen LogP contribution in [0.15, 0.2) is 255 Å². The largest absolute Gasteiger partial charge is 0.208 e. The quantitative estimate of drug-likeness (QED) is 0.151. The lowest BCUT2D eigenvalue weighted by molar-refractivity contribution is 0.794. The lowest BCUT2D eigenvalue weighted by Gasteiger charge is -2.31. The van der Waals surface area contributed by atoms with E-state index in [0.717, 1.165) is 55.6 Å². The van der Waals surface area contributed by atoms with Gasteiger partial charge in [0.05, 0.1) is 5.41 Å². The summed E-state index contributed by atoms with van der Waals surface area (Å²) in [7, 11) is 0.